The summed E-state index contributed by atoms with van der Waals surface area (Å²) >= 11 is 8.09. The highest BCUT2D eigenvalue weighted by Gasteiger charge is 2.10. The Morgan fingerprint density at radius 3 is 2.94 bits per heavy atom. The van der Waals surface area contributed by atoms with Crippen molar-refractivity contribution in [1.82, 2.24) is 9.55 Å². The Labute approximate surface area is 128 Å². The van der Waals surface area contributed by atoms with Gasteiger partial charge in [-0.15, -0.1) is 11.6 Å². The SMILES string of the molecule is CS(=O)CCn1c(CCCl)nc2cc(I)ccc21. The fourth-order valence-corrected chi connectivity index (χ4v) is 2.98. The number of benzene rings is 1. The molecule has 0 radical (unpaired) electrons. The molecule has 1 aromatic carbocycles. The summed E-state index contributed by atoms with van der Waals surface area (Å²) in [6.45, 7) is 0.729. The molecule has 1 unspecified atom stereocenters. The number of rotatable bonds is 5. The van der Waals surface area contributed by atoms with Crippen molar-refractivity contribution in [3.63, 3.8) is 0 Å². The van der Waals surface area contributed by atoms with Gasteiger partial charge < -0.3 is 4.57 Å². The molecule has 0 aliphatic carbocycles. The average molecular weight is 397 g/mol. The van der Waals surface area contributed by atoms with Gasteiger partial charge in [-0.1, -0.05) is 0 Å². The zero-order chi connectivity index (χ0) is 13.1. The maximum absolute atomic E-state index is 11.2. The Bertz CT molecular complexity index is 585. The molecule has 0 N–H and O–H groups in total. The number of fused-ring (bicyclic) bond motifs is 1. The lowest BCUT2D eigenvalue weighted by molar-refractivity contribution is 0.674. The Morgan fingerprint density at radius 1 is 1.50 bits per heavy atom. The van der Waals surface area contributed by atoms with E-state index in [-0.39, 0.29) is 0 Å². The van der Waals surface area contributed by atoms with Gasteiger partial charge in [-0.3, -0.25) is 4.21 Å². The van der Waals surface area contributed by atoms with Gasteiger partial charge in [0.05, 0.1) is 11.0 Å². The van der Waals surface area contributed by atoms with Gasteiger partial charge in [-0.05, 0) is 40.8 Å². The molecule has 18 heavy (non-hydrogen) atoms. The molecule has 6 heteroatoms. The summed E-state index contributed by atoms with van der Waals surface area (Å²) in [5.41, 5.74) is 2.09. The fourth-order valence-electron chi connectivity index (χ4n) is 1.90. The lowest BCUT2D eigenvalue weighted by Gasteiger charge is -2.07. The quantitative estimate of drug-likeness (QED) is 0.575. The number of halogens is 2. The number of hydrogen-bond donors (Lipinski definition) is 0. The maximum Gasteiger partial charge on any atom is 0.111 e. The van der Waals surface area contributed by atoms with E-state index in [1.807, 2.05) is 0 Å². The number of alkyl halides is 1. The van der Waals surface area contributed by atoms with E-state index < -0.39 is 10.8 Å². The van der Waals surface area contributed by atoms with E-state index in [1.54, 1.807) is 6.26 Å². The van der Waals surface area contributed by atoms with Crippen LogP contribution >= 0.6 is 34.2 Å². The van der Waals surface area contributed by atoms with Gasteiger partial charge in [-0.25, -0.2) is 4.98 Å². The summed E-state index contributed by atoms with van der Waals surface area (Å²) in [5, 5.41) is 0. The number of aromatic nitrogens is 2. The van der Waals surface area contributed by atoms with Gasteiger partial charge in [0.25, 0.3) is 0 Å². The zero-order valence-corrected chi connectivity index (χ0v) is 13.8. The van der Waals surface area contributed by atoms with Crippen LogP contribution in [0.2, 0.25) is 0 Å². The minimum atomic E-state index is -0.793. The van der Waals surface area contributed by atoms with E-state index in [2.05, 4.69) is 50.3 Å². The van der Waals surface area contributed by atoms with E-state index in [0.717, 1.165) is 29.8 Å². The van der Waals surface area contributed by atoms with Gasteiger partial charge >= 0.3 is 0 Å². The summed E-state index contributed by atoms with van der Waals surface area (Å²) in [7, 11) is -0.793. The zero-order valence-electron chi connectivity index (χ0n) is 10.0. The normalized spacial score (nSPS) is 13.1. The first kappa shape index (κ1) is 14.3. The van der Waals surface area contributed by atoms with Crippen LogP contribution in [0.4, 0.5) is 0 Å². The van der Waals surface area contributed by atoms with Crippen LogP contribution in [0, 0.1) is 3.57 Å². The number of aryl methyl sites for hydroxylation is 2. The van der Waals surface area contributed by atoms with Crippen LogP contribution < -0.4 is 0 Å². The third kappa shape index (κ3) is 3.24. The summed E-state index contributed by atoms with van der Waals surface area (Å²) < 4.78 is 14.6. The molecule has 0 aliphatic rings. The first-order valence-corrected chi connectivity index (χ1v) is 8.96. The highest BCUT2D eigenvalue weighted by atomic mass is 127. The predicted octanol–water partition coefficient (Wildman–Crippen LogP) is 2.80. The first-order chi connectivity index (χ1) is 8.61. The largest absolute Gasteiger partial charge is 0.327 e. The molecule has 1 atom stereocenters. The number of imidazole rings is 1. The Morgan fingerprint density at radius 2 is 2.28 bits per heavy atom. The van der Waals surface area contributed by atoms with Crippen molar-refractivity contribution in [3.8, 4) is 0 Å². The predicted molar refractivity (Wildman–Crippen MR) is 85.8 cm³/mol. The molecule has 1 aromatic heterocycles. The highest BCUT2D eigenvalue weighted by molar-refractivity contribution is 14.1. The second kappa shape index (κ2) is 6.34. The van der Waals surface area contributed by atoms with Gasteiger partial charge in [0, 0.05) is 45.2 Å². The van der Waals surface area contributed by atoms with Crippen molar-refractivity contribution >= 4 is 56.0 Å². The van der Waals surface area contributed by atoms with Crippen LogP contribution in [0.25, 0.3) is 11.0 Å². The molecule has 98 valence electrons. The average Bonchev–Trinajstić information content (AvgIpc) is 2.63. The van der Waals surface area contributed by atoms with Gasteiger partial charge in [-0.2, -0.15) is 0 Å². The summed E-state index contributed by atoms with van der Waals surface area (Å²) in [6, 6.07) is 6.20. The minimum Gasteiger partial charge on any atom is -0.327 e. The van der Waals surface area contributed by atoms with E-state index in [9.17, 15) is 4.21 Å². The Kier molecular flexibility index (Phi) is 5.03. The molecule has 0 saturated heterocycles. The van der Waals surface area contributed by atoms with Crippen LogP contribution in [0.5, 0.6) is 0 Å². The second-order valence-corrected chi connectivity index (χ2v) is 7.21. The van der Waals surface area contributed by atoms with E-state index in [1.165, 1.54) is 3.57 Å². The van der Waals surface area contributed by atoms with Crippen LogP contribution in [0.1, 0.15) is 5.82 Å². The molecule has 0 aliphatic heterocycles. The summed E-state index contributed by atoms with van der Waals surface area (Å²) in [6.07, 6.45) is 2.46. The van der Waals surface area contributed by atoms with Crippen molar-refractivity contribution in [1.29, 1.82) is 0 Å². The van der Waals surface area contributed by atoms with Crippen LogP contribution in [0.15, 0.2) is 18.2 Å². The summed E-state index contributed by atoms with van der Waals surface area (Å²) in [5.74, 6) is 2.18. The molecular formula is C12H14ClIN2OS. The Balaban J connectivity index is 2.44. The third-order valence-corrected chi connectivity index (χ3v) is 4.33. The smallest absolute Gasteiger partial charge is 0.111 e. The fraction of sp³-hybridized carbons (Fsp3) is 0.417. The highest BCUT2D eigenvalue weighted by Crippen LogP contribution is 2.19. The van der Waals surface area contributed by atoms with Crippen LogP contribution in [-0.4, -0.2) is 31.6 Å². The number of nitrogens with zero attached hydrogens (tertiary/aromatic N) is 2. The van der Waals surface area contributed by atoms with Crippen molar-refractivity contribution in [2.45, 2.75) is 13.0 Å². The molecule has 0 fully saturated rings. The minimum absolute atomic E-state index is 0.551. The maximum atomic E-state index is 11.2. The van der Waals surface area contributed by atoms with Gasteiger partial charge in [0.1, 0.15) is 5.82 Å². The number of hydrogen-bond acceptors (Lipinski definition) is 2. The first-order valence-electron chi connectivity index (χ1n) is 5.62. The van der Waals surface area contributed by atoms with E-state index >= 15 is 0 Å². The van der Waals surface area contributed by atoms with Gasteiger partial charge in [0.2, 0.25) is 0 Å². The van der Waals surface area contributed by atoms with E-state index in [4.69, 9.17) is 11.6 Å². The molecule has 2 aromatic rings. The Hall–Kier alpha value is -0.140. The van der Waals surface area contributed by atoms with Crippen LogP contribution in [-0.2, 0) is 23.8 Å². The molecule has 2 rings (SSSR count). The van der Waals surface area contributed by atoms with E-state index in [0.29, 0.717) is 11.6 Å². The molecule has 3 nitrogen and oxygen atoms in total. The topological polar surface area (TPSA) is 34.9 Å². The van der Waals surface area contributed by atoms with Crippen molar-refractivity contribution in [2.75, 3.05) is 17.9 Å². The molecule has 0 bridgehead atoms. The lowest BCUT2D eigenvalue weighted by Crippen LogP contribution is -2.10. The monoisotopic (exact) mass is 396 g/mol. The van der Waals surface area contributed by atoms with Crippen molar-refractivity contribution < 1.29 is 4.21 Å². The lowest BCUT2D eigenvalue weighted by atomic mass is 10.3. The third-order valence-electron chi connectivity index (χ3n) is 2.71. The molecule has 0 amide bonds. The van der Waals surface area contributed by atoms with Crippen LogP contribution in [0.3, 0.4) is 0 Å². The summed E-state index contributed by atoms with van der Waals surface area (Å²) in [4.78, 5) is 4.62. The molecular weight excluding hydrogens is 383 g/mol. The van der Waals surface area contributed by atoms with Crippen molar-refractivity contribution in [2.24, 2.45) is 0 Å². The van der Waals surface area contributed by atoms with Crippen molar-refractivity contribution in [3.05, 3.63) is 27.6 Å². The molecule has 0 spiro atoms. The second-order valence-electron chi connectivity index (χ2n) is 4.03. The molecule has 0 saturated carbocycles. The molecule has 1 heterocycles. The standard InChI is InChI=1S/C12H14ClIN2OS/c1-18(17)7-6-16-11-3-2-9(14)8-10(11)15-12(16)4-5-13/h2-3,8H,4-7H2,1H3. The van der Waals surface area contributed by atoms with Gasteiger partial charge in [0.15, 0.2) is 0 Å².